The van der Waals surface area contributed by atoms with Crippen molar-refractivity contribution < 1.29 is 9.21 Å². The first-order valence-corrected chi connectivity index (χ1v) is 8.22. The average Bonchev–Trinajstić information content (AvgIpc) is 3.35. The second-order valence-corrected chi connectivity index (χ2v) is 6.79. The van der Waals surface area contributed by atoms with Crippen LogP contribution in [0.5, 0.6) is 0 Å². The molecular weight excluding hydrogens is 304 g/mol. The van der Waals surface area contributed by atoms with Crippen LogP contribution in [-0.4, -0.2) is 58.1 Å². The van der Waals surface area contributed by atoms with Crippen LogP contribution in [0.2, 0.25) is 0 Å². The Morgan fingerprint density at radius 3 is 2.88 bits per heavy atom. The highest BCUT2D eigenvalue weighted by molar-refractivity contribution is 6.05. The number of nitrogens with zero attached hydrogens (tertiary/aromatic N) is 3. The molecule has 2 aliphatic heterocycles. The maximum atomic E-state index is 12.9. The second kappa shape index (κ2) is 4.95. The molecule has 2 aromatic heterocycles. The van der Waals surface area contributed by atoms with Crippen LogP contribution >= 0.6 is 0 Å². The van der Waals surface area contributed by atoms with Gasteiger partial charge in [0.05, 0.1) is 18.0 Å². The monoisotopic (exact) mass is 322 g/mol. The minimum Gasteiger partial charge on any atom is -0.472 e. The van der Waals surface area contributed by atoms with E-state index in [9.17, 15) is 4.79 Å². The molecule has 1 N–H and O–H groups in total. The van der Waals surface area contributed by atoms with Crippen LogP contribution in [0.3, 0.4) is 0 Å². The zero-order valence-corrected chi connectivity index (χ0v) is 13.4. The number of amides is 1. The number of H-pyrrole nitrogens is 1. The summed E-state index contributed by atoms with van der Waals surface area (Å²) in [6.45, 7) is 1.77. The maximum absolute atomic E-state index is 12.9. The Balaban J connectivity index is 1.48. The quantitative estimate of drug-likeness (QED) is 0.786. The summed E-state index contributed by atoms with van der Waals surface area (Å²) in [4.78, 5) is 17.3. The van der Waals surface area contributed by atoms with Crippen molar-refractivity contribution in [2.24, 2.45) is 0 Å². The van der Waals surface area contributed by atoms with Crippen LogP contribution in [0.25, 0.3) is 22.0 Å². The SMILES string of the molecule is CN1CC2CC1CN2C(=O)c1n[nH]c2cc(-c3ccoc3)ccc12. The Kier molecular flexibility index (Phi) is 2.84. The number of furan rings is 1. The number of likely N-dealkylation sites (tertiary alicyclic amines) is 2. The van der Waals surface area contributed by atoms with E-state index < -0.39 is 0 Å². The molecule has 5 rings (SSSR count). The number of aromatic amines is 1. The van der Waals surface area contributed by atoms with Crippen molar-refractivity contribution in [3.63, 3.8) is 0 Å². The van der Waals surface area contributed by atoms with Crippen molar-refractivity contribution >= 4 is 16.8 Å². The van der Waals surface area contributed by atoms with Gasteiger partial charge in [-0.1, -0.05) is 6.07 Å². The first-order chi connectivity index (χ1) is 11.7. The minimum absolute atomic E-state index is 0.0397. The summed E-state index contributed by atoms with van der Waals surface area (Å²) in [6.07, 6.45) is 4.44. The van der Waals surface area contributed by atoms with Crippen molar-refractivity contribution in [3.05, 3.63) is 42.5 Å². The highest BCUT2D eigenvalue weighted by atomic mass is 16.3. The Labute approximate surface area is 139 Å². The zero-order chi connectivity index (χ0) is 16.3. The first-order valence-electron chi connectivity index (χ1n) is 8.22. The third kappa shape index (κ3) is 1.93. The van der Waals surface area contributed by atoms with Gasteiger partial charge in [0.25, 0.3) is 5.91 Å². The molecule has 2 saturated heterocycles. The largest absolute Gasteiger partial charge is 0.472 e. The van der Waals surface area contributed by atoms with Gasteiger partial charge in [0.15, 0.2) is 5.69 Å². The molecule has 0 radical (unpaired) electrons. The first kappa shape index (κ1) is 13.8. The number of piperazine rings is 1. The van der Waals surface area contributed by atoms with Gasteiger partial charge in [0, 0.05) is 36.1 Å². The summed E-state index contributed by atoms with van der Waals surface area (Å²) >= 11 is 0. The highest BCUT2D eigenvalue weighted by Crippen LogP contribution is 2.32. The molecule has 24 heavy (non-hydrogen) atoms. The Morgan fingerprint density at radius 1 is 1.25 bits per heavy atom. The van der Waals surface area contributed by atoms with Crippen LogP contribution in [0.15, 0.2) is 41.2 Å². The van der Waals surface area contributed by atoms with Crippen LogP contribution in [0.1, 0.15) is 16.9 Å². The Morgan fingerprint density at radius 2 is 2.17 bits per heavy atom. The fourth-order valence-electron chi connectivity index (χ4n) is 4.04. The van der Waals surface area contributed by atoms with Gasteiger partial charge >= 0.3 is 0 Å². The molecule has 2 bridgehead atoms. The molecule has 2 fully saturated rings. The number of carbonyl (C=O) groups excluding carboxylic acids is 1. The Bertz CT molecular complexity index is 912. The zero-order valence-electron chi connectivity index (χ0n) is 13.4. The normalized spacial score (nSPS) is 23.5. The van der Waals surface area contributed by atoms with E-state index in [0.717, 1.165) is 41.5 Å². The van der Waals surface area contributed by atoms with E-state index >= 15 is 0 Å². The number of hydrogen-bond acceptors (Lipinski definition) is 4. The van der Waals surface area contributed by atoms with Gasteiger partial charge in [-0.3, -0.25) is 14.8 Å². The van der Waals surface area contributed by atoms with Gasteiger partial charge in [-0.15, -0.1) is 0 Å². The number of carbonyl (C=O) groups is 1. The molecule has 2 aliphatic rings. The van der Waals surface area contributed by atoms with E-state index in [2.05, 4.69) is 22.1 Å². The minimum atomic E-state index is 0.0397. The number of rotatable bonds is 2. The molecule has 2 unspecified atom stereocenters. The van der Waals surface area contributed by atoms with Gasteiger partial charge in [-0.05, 0) is 37.2 Å². The van der Waals surface area contributed by atoms with E-state index in [1.807, 2.05) is 29.2 Å². The molecule has 0 aliphatic carbocycles. The second-order valence-electron chi connectivity index (χ2n) is 6.79. The molecule has 6 nitrogen and oxygen atoms in total. The van der Waals surface area contributed by atoms with Crippen molar-refractivity contribution in [3.8, 4) is 11.1 Å². The summed E-state index contributed by atoms with van der Waals surface area (Å²) < 4.78 is 5.14. The summed E-state index contributed by atoms with van der Waals surface area (Å²) in [5, 5.41) is 8.20. The van der Waals surface area contributed by atoms with E-state index in [1.165, 1.54) is 0 Å². The van der Waals surface area contributed by atoms with Crippen molar-refractivity contribution in [1.29, 1.82) is 0 Å². The molecule has 0 spiro atoms. The van der Waals surface area contributed by atoms with E-state index in [1.54, 1.807) is 12.5 Å². The fraction of sp³-hybridized carbons (Fsp3) is 0.333. The van der Waals surface area contributed by atoms with Crippen LogP contribution < -0.4 is 0 Å². The van der Waals surface area contributed by atoms with Gasteiger partial charge in [0.1, 0.15) is 0 Å². The molecule has 6 heteroatoms. The topological polar surface area (TPSA) is 65.4 Å². The number of benzene rings is 1. The highest BCUT2D eigenvalue weighted by Gasteiger charge is 2.44. The van der Waals surface area contributed by atoms with Crippen LogP contribution in [0, 0.1) is 0 Å². The molecule has 122 valence electrons. The van der Waals surface area contributed by atoms with Crippen LogP contribution in [-0.2, 0) is 0 Å². The number of aromatic nitrogens is 2. The average molecular weight is 322 g/mol. The maximum Gasteiger partial charge on any atom is 0.275 e. The van der Waals surface area contributed by atoms with Gasteiger partial charge in [-0.25, -0.2) is 0 Å². The lowest BCUT2D eigenvalue weighted by molar-refractivity contribution is 0.0646. The molecule has 0 saturated carbocycles. The predicted molar refractivity (Wildman–Crippen MR) is 89.7 cm³/mol. The smallest absolute Gasteiger partial charge is 0.275 e. The molecule has 2 atom stereocenters. The van der Waals surface area contributed by atoms with Crippen LogP contribution in [0.4, 0.5) is 0 Å². The van der Waals surface area contributed by atoms with Crippen molar-refractivity contribution in [1.82, 2.24) is 20.0 Å². The van der Waals surface area contributed by atoms with Gasteiger partial charge in [-0.2, -0.15) is 5.10 Å². The van der Waals surface area contributed by atoms with Crippen molar-refractivity contribution in [2.45, 2.75) is 18.5 Å². The molecule has 3 aromatic rings. The van der Waals surface area contributed by atoms with Crippen molar-refractivity contribution in [2.75, 3.05) is 20.1 Å². The number of fused-ring (bicyclic) bond motifs is 3. The predicted octanol–water partition coefficient (Wildman–Crippen LogP) is 2.35. The number of likely N-dealkylation sites (N-methyl/N-ethyl adjacent to an activating group) is 1. The third-order valence-electron chi connectivity index (χ3n) is 5.40. The molecule has 1 amide bonds. The Hall–Kier alpha value is -2.60. The molecule has 4 heterocycles. The standard InChI is InChI=1S/C18H18N4O2/c1-21-8-14-7-13(21)9-22(14)18(23)17-15-3-2-11(6-16(15)19-20-17)12-4-5-24-10-12/h2-6,10,13-14H,7-9H2,1H3,(H,19,20). The fourth-order valence-corrected chi connectivity index (χ4v) is 4.04. The van der Waals surface area contributed by atoms with E-state index in [4.69, 9.17) is 4.42 Å². The summed E-state index contributed by atoms with van der Waals surface area (Å²) in [7, 11) is 2.13. The third-order valence-corrected chi connectivity index (χ3v) is 5.40. The molecule has 1 aromatic carbocycles. The lowest BCUT2D eigenvalue weighted by Crippen LogP contribution is -2.47. The lowest BCUT2D eigenvalue weighted by Gasteiger charge is -2.31. The van der Waals surface area contributed by atoms with E-state index in [0.29, 0.717) is 17.8 Å². The lowest BCUT2D eigenvalue weighted by atomic mass is 10.1. The van der Waals surface area contributed by atoms with Gasteiger partial charge in [0.2, 0.25) is 0 Å². The summed E-state index contributed by atoms with van der Waals surface area (Å²) in [6, 6.07) is 8.72. The van der Waals surface area contributed by atoms with Gasteiger partial charge < -0.3 is 9.32 Å². The number of nitrogens with one attached hydrogen (secondary N) is 1. The van der Waals surface area contributed by atoms with E-state index in [-0.39, 0.29) is 5.91 Å². The molecular formula is C18H18N4O2. The number of hydrogen-bond donors (Lipinski definition) is 1. The summed E-state index contributed by atoms with van der Waals surface area (Å²) in [5.41, 5.74) is 3.46. The summed E-state index contributed by atoms with van der Waals surface area (Å²) in [5.74, 6) is 0.0397.